The molecule has 1 aliphatic carbocycles. The van der Waals surface area contributed by atoms with Crippen molar-refractivity contribution in [3.05, 3.63) is 184 Å². The number of aliphatic carboxylic acids is 4. The van der Waals surface area contributed by atoms with Crippen LogP contribution in [0, 0.1) is 23.7 Å². The van der Waals surface area contributed by atoms with E-state index in [0.717, 1.165) is 72.3 Å². The van der Waals surface area contributed by atoms with Crippen molar-refractivity contribution in [3.8, 4) is 17.6 Å². The first kappa shape index (κ1) is 106. The highest BCUT2D eigenvalue weighted by Gasteiger charge is 2.48. The molecule has 12 N–H and O–H groups in total. The number of aryl methyl sites for hydroxylation is 3. The van der Waals surface area contributed by atoms with Gasteiger partial charge in [0.05, 0.1) is 62.3 Å². The molecule has 5 aliphatic rings. The zero-order valence-electron chi connectivity index (χ0n) is 78.7. The van der Waals surface area contributed by atoms with Gasteiger partial charge in [0.25, 0.3) is 16.0 Å². The molecule has 37 heteroatoms. The number of unbranched alkanes of at least 4 members (excludes halogenated alkanes) is 4. The molecule has 0 spiro atoms. The molecule has 6 amide bonds. The summed E-state index contributed by atoms with van der Waals surface area (Å²) in [6, 6.07) is 30.8. The molecule has 0 radical (unpaired) electrons. The summed E-state index contributed by atoms with van der Waals surface area (Å²) in [4.78, 5) is 141. The summed E-state index contributed by atoms with van der Waals surface area (Å²) in [5.41, 5.74) is 9.57. The van der Waals surface area contributed by atoms with Gasteiger partial charge in [-0.25, -0.2) is 0 Å². The van der Waals surface area contributed by atoms with Crippen molar-refractivity contribution in [3.63, 3.8) is 0 Å². The summed E-state index contributed by atoms with van der Waals surface area (Å²) in [5.74, 6) is -5.49. The summed E-state index contributed by atoms with van der Waals surface area (Å²) in [5, 5.41) is 79.5. The predicted molar refractivity (Wildman–Crippen MR) is 512 cm³/mol. The molecular formula is C99H134N17O19S+. The van der Waals surface area contributed by atoms with Crippen LogP contribution < -0.4 is 45.9 Å². The minimum absolute atomic E-state index is 0.00167. The maximum absolute atomic E-state index is 14.3. The Morgan fingerprint density at radius 3 is 2.03 bits per heavy atom. The van der Waals surface area contributed by atoms with Crippen LogP contribution in [0.5, 0.6) is 11.5 Å². The van der Waals surface area contributed by atoms with Gasteiger partial charge in [-0.1, -0.05) is 91.4 Å². The van der Waals surface area contributed by atoms with Gasteiger partial charge in [0, 0.05) is 158 Å². The van der Waals surface area contributed by atoms with Crippen LogP contribution in [-0.4, -0.2) is 293 Å². The third kappa shape index (κ3) is 32.2. The molecule has 2 fully saturated rings. The van der Waals surface area contributed by atoms with E-state index in [4.69, 9.17) is 14.9 Å². The monoisotopic (exact) mass is 1900 g/mol. The Balaban J connectivity index is 0.754. The Morgan fingerprint density at radius 2 is 1.34 bits per heavy atom. The smallest absolute Gasteiger partial charge is 0.320 e. The number of nitriles is 1. The van der Waals surface area contributed by atoms with E-state index < -0.39 is 82.9 Å². The van der Waals surface area contributed by atoms with Gasteiger partial charge in [-0.15, -0.1) is 5.10 Å². The maximum Gasteiger partial charge on any atom is 0.320 e. The van der Waals surface area contributed by atoms with Crippen LogP contribution in [0.15, 0.2) is 156 Å². The molecular weight excluding hydrogens is 1760 g/mol. The second kappa shape index (κ2) is 52.1. The first-order valence-electron chi connectivity index (χ1n) is 47.2. The quantitative estimate of drug-likeness (QED) is 0.00795. The number of likely N-dealkylation sites (tertiary alicyclic amines) is 1. The number of aromatic nitrogens is 3. The number of fused-ring (bicyclic) bond motifs is 2. The number of para-hydroxylation sites is 2. The van der Waals surface area contributed by atoms with Gasteiger partial charge in [-0.2, -0.15) is 13.7 Å². The normalized spacial score (nSPS) is 18.9. The number of allylic oxidation sites excluding steroid dienone is 7. The summed E-state index contributed by atoms with van der Waals surface area (Å²) in [6.45, 7) is 12.9. The van der Waals surface area contributed by atoms with Gasteiger partial charge in [-0.3, -0.25) is 81.7 Å². The molecule has 4 aliphatic heterocycles. The fraction of sp³-hybridized carbons (Fsp3) is 0.515. The summed E-state index contributed by atoms with van der Waals surface area (Å²) >= 11 is 0. The van der Waals surface area contributed by atoms with Crippen LogP contribution in [0.4, 0.5) is 11.4 Å². The number of benzene rings is 4. The highest BCUT2D eigenvalue weighted by molar-refractivity contribution is 7.85. The second-order valence-electron chi connectivity index (χ2n) is 36.4. The number of hydrogen-bond acceptors (Lipinski definition) is 23. The maximum atomic E-state index is 14.3. The number of carbonyl (C=O) groups is 10. The van der Waals surface area contributed by atoms with E-state index in [1.165, 1.54) is 32.7 Å². The molecule has 4 aromatic carbocycles. The molecule has 4 unspecified atom stereocenters. The van der Waals surface area contributed by atoms with Gasteiger partial charge in [0.2, 0.25) is 29.5 Å². The Labute approximate surface area is 795 Å². The first-order valence-corrected chi connectivity index (χ1v) is 48.8. The van der Waals surface area contributed by atoms with Gasteiger partial charge in [-0.05, 0) is 200 Å². The Kier molecular flexibility index (Phi) is 40.5. The van der Waals surface area contributed by atoms with Gasteiger partial charge < -0.3 is 71.7 Å². The molecule has 734 valence electrons. The molecule has 36 nitrogen and oxygen atoms in total. The third-order valence-electron chi connectivity index (χ3n) is 25.6. The zero-order valence-corrected chi connectivity index (χ0v) is 79.5. The highest BCUT2D eigenvalue weighted by atomic mass is 32.2. The lowest BCUT2D eigenvalue weighted by Gasteiger charge is -2.35. The third-order valence-corrected chi connectivity index (χ3v) is 26.4. The van der Waals surface area contributed by atoms with Crippen molar-refractivity contribution >= 4 is 92.6 Å². The van der Waals surface area contributed by atoms with Crippen LogP contribution in [-0.2, 0) is 81.9 Å². The lowest BCUT2D eigenvalue weighted by molar-refractivity contribution is -0.850. The van der Waals surface area contributed by atoms with Crippen molar-refractivity contribution in [2.75, 3.05) is 135 Å². The Hall–Kier alpha value is -12.3. The number of rotatable bonds is 50. The largest absolute Gasteiger partial charge is 0.494 e. The SMILES string of the molecule is Cc1ccc2c(c1)C(C)(C)C(/C=C/C1=C(Oc3ccccc3)C(=CC=C3N(CCCCS(=O)(=O)O)c4ccccc4C3(C)C)CCC1)[NH+]2CCCCCC(=O)N[C@@H](CCCCn1cc(CCC(=O)NCCCOc2cccc(C(=CC=N)C(=O)NCC(=O)N3CCCC3C#N)c2)nn1)C(=O)NCCNC(=O)CCC(C(=O)O)N1CCN(CC(=O)O)CCN(CC(=O)O)CCN(CC(=O)O)CC1. The van der Waals surface area contributed by atoms with E-state index in [-0.39, 0.29) is 163 Å². The number of hydrogen-bond donors (Lipinski definition) is 12. The molecule has 5 heterocycles. The number of nitrogens with one attached hydrogen (secondary N) is 7. The molecule has 1 aromatic heterocycles. The van der Waals surface area contributed by atoms with Crippen molar-refractivity contribution in [2.24, 2.45) is 0 Å². The lowest BCUT2D eigenvalue weighted by Crippen LogP contribution is -3.10. The molecule has 136 heavy (non-hydrogen) atoms. The van der Waals surface area contributed by atoms with E-state index in [1.54, 1.807) is 54.7 Å². The zero-order chi connectivity index (χ0) is 97.9. The fourth-order valence-electron chi connectivity index (χ4n) is 18.4. The van der Waals surface area contributed by atoms with E-state index in [0.29, 0.717) is 113 Å². The summed E-state index contributed by atoms with van der Waals surface area (Å²) in [6.07, 6.45) is 21.4. The van der Waals surface area contributed by atoms with Gasteiger partial charge >= 0.3 is 23.9 Å². The van der Waals surface area contributed by atoms with Crippen LogP contribution in [0.1, 0.15) is 171 Å². The number of amides is 6. The molecule has 5 atom stereocenters. The van der Waals surface area contributed by atoms with Gasteiger partial charge in [0.1, 0.15) is 47.1 Å². The van der Waals surface area contributed by atoms with Crippen LogP contribution in [0.25, 0.3) is 5.57 Å². The first-order chi connectivity index (χ1) is 65.2. The molecule has 0 bridgehead atoms. The Bertz CT molecular complexity index is 5280. The summed E-state index contributed by atoms with van der Waals surface area (Å²) in [7, 11) is -4.11. The van der Waals surface area contributed by atoms with Crippen LogP contribution >= 0.6 is 0 Å². The molecule has 10 rings (SSSR count). The van der Waals surface area contributed by atoms with Crippen molar-refractivity contribution < 1.29 is 95.7 Å². The minimum atomic E-state index is -4.11. The van der Waals surface area contributed by atoms with Crippen molar-refractivity contribution in [1.29, 1.82) is 10.7 Å². The number of carboxylic acid groups (broad SMARTS) is 4. The number of nitrogens with zero attached hydrogens (tertiary/aromatic N) is 10. The molecule has 2 saturated heterocycles. The van der Waals surface area contributed by atoms with E-state index in [2.05, 4.69) is 137 Å². The number of carboxylic acids is 4. The average Bonchev–Trinajstić information content (AvgIpc) is 1.61. The number of anilines is 1. The van der Waals surface area contributed by atoms with Crippen LogP contribution in [0.3, 0.4) is 0 Å². The van der Waals surface area contributed by atoms with E-state index >= 15 is 0 Å². The molecule has 5 aromatic rings. The number of ether oxygens (including phenoxy) is 2. The number of quaternary nitrogens is 1. The Morgan fingerprint density at radius 1 is 0.669 bits per heavy atom. The second-order valence-corrected chi connectivity index (χ2v) is 38.0. The van der Waals surface area contributed by atoms with Crippen molar-refractivity contribution in [1.82, 2.24) is 66.1 Å². The predicted octanol–water partition coefficient (Wildman–Crippen LogP) is 7.15. The lowest BCUT2D eigenvalue weighted by atomic mass is 9.79. The standard InChI is InChI=1S/C99H133N17O19S/c1-70-33-37-83-80(62-70)99(4,5)86(40-35-72-23-18-22-71(94(72)135-76-26-8-6-9-27-76)34-39-85-98(2,3)79-29-11-12-31-82(79)115(85)50-16-17-61-136(131,132)133)116(83)49-14-7-10-32-89(119)106-81(96(128)104-47-46-103-88(118)42-38-84(97(129)130)112-58-56-110(68-92(123)124)54-52-109(67-91(121)122)53-55-111(57-59-112)69-93(125)126)30-13-15-48-113-66-74(107-108-113)36-41-87(117)102-45-21-60-134-77-28-19-24-73(63-77)78(43-44-100)95(127)105-65-90(120)114-51-20-25-75(114)64-101/h6,8-9,11-12,19,24,26-29,31,33-35,37,39-40,43-44,62-63,66,75,81,84,86,100H,7,10,13-18,20-23,25,30,32,36,38,41-42,45-61,65,67-69H2,1-5H3,(H,102,117)(H,103,118)(H,104,128)(H,105,127)(H,106,119)(H,121,122)(H,123,124)(H,125,126)(H,129,130)(H,131,132,133)/p+1/b40-35+,71-34?,78-43?,85-39?,100-44?/t75?,81-,84?,86?/m0/s1. The fourth-order valence-corrected chi connectivity index (χ4v) is 19.0. The van der Waals surface area contributed by atoms with Crippen molar-refractivity contribution in [2.45, 2.75) is 198 Å². The minimum Gasteiger partial charge on any atom is -0.494 e. The summed E-state index contributed by atoms with van der Waals surface area (Å²) < 4.78 is 47.6. The highest BCUT2D eigenvalue weighted by Crippen LogP contribution is 2.48. The van der Waals surface area contributed by atoms with E-state index in [9.17, 15) is 86.6 Å². The number of carbonyl (C=O) groups excluding carboxylic acids is 6. The molecule has 0 saturated carbocycles. The average molecular weight is 1900 g/mol. The van der Waals surface area contributed by atoms with Crippen LogP contribution in [0.2, 0.25) is 0 Å². The van der Waals surface area contributed by atoms with Gasteiger partial charge in [0.15, 0.2) is 0 Å². The topological polar surface area (TPSA) is 487 Å². The van der Waals surface area contributed by atoms with E-state index in [1.807, 2.05) is 42.5 Å².